The zero-order valence-corrected chi connectivity index (χ0v) is 22.2. The minimum atomic E-state index is 0.0484. The maximum absolute atomic E-state index is 12.1. The highest BCUT2D eigenvalue weighted by atomic mass is 32.2. The third kappa shape index (κ3) is 6.13. The monoisotopic (exact) mass is 505 g/mol. The first-order valence-electron chi connectivity index (χ1n) is 12.9. The maximum Gasteiger partial charge on any atom is 0.234 e. The summed E-state index contributed by atoms with van der Waals surface area (Å²) in [6, 6.07) is 8.11. The Balaban J connectivity index is 1.34. The smallest absolute Gasteiger partial charge is 0.234 e. The predicted molar refractivity (Wildman–Crippen MR) is 145 cm³/mol. The van der Waals surface area contributed by atoms with Gasteiger partial charge in [0, 0.05) is 43.4 Å². The summed E-state index contributed by atoms with van der Waals surface area (Å²) in [7, 11) is 2.14. The predicted octanol–water partition coefficient (Wildman–Crippen LogP) is 4.09. The van der Waals surface area contributed by atoms with Crippen LogP contribution in [0.5, 0.6) is 0 Å². The molecule has 1 saturated carbocycles. The second kappa shape index (κ2) is 11.1. The van der Waals surface area contributed by atoms with Gasteiger partial charge in [0.15, 0.2) is 5.16 Å². The van der Waals surface area contributed by atoms with Crippen LogP contribution < -0.4 is 10.2 Å². The van der Waals surface area contributed by atoms with E-state index in [1.807, 2.05) is 38.1 Å². The summed E-state index contributed by atoms with van der Waals surface area (Å²) in [5.74, 6) is 3.06. The van der Waals surface area contributed by atoms with Crippen molar-refractivity contribution < 1.29 is 4.79 Å². The van der Waals surface area contributed by atoms with Crippen molar-refractivity contribution in [2.75, 3.05) is 50.0 Å². The fourth-order valence-electron chi connectivity index (χ4n) is 4.44. The molecule has 1 N–H and O–H groups in total. The lowest BCUT2D eigenvalue weighted by molar-refractivity contribution is -0.121. The molecule has 0 amide bonds. The summed E-state index contributed by atoms with van der Waals surface area (Å²) in [5, 5.41) is 4.00. The molecule has 3 aliphatic rings. The van der Waals surface area contributed by atoms with E-state index in [1.54, 1.807) is 0 Å². The van der Waals surface area contributed by atoms with Crippen molar-refractivity contribution in [3.8, 4) is 0 Å². The van der Waals surface area contributed by atoms with E-state index in [1.165, 1.54) is 36.6 Å². The first-order valence-corrected chi connectivity index (χ1v) is 13.8. The van der Waals surface area contributed by atoms with Gasteiger partial charge in [0.2, 0.25) is 11.9 Å². The van der Waals surface area contributed by atoms with Gasteiger partial charge in [-0.25, -0.2) is 0 Å². The average Bonchev–Trinajstić information content (AvgIpc) is 3.27. The van der Waals surface area contributed by atoms with E-state index in [0.717, 1.165) is 49.0 Å². The molecule has 2 aliphatic heterocycles. The number of anilines is 2. The number of ketones is 1. The lowest BCUT2D eigenvalue weighted by atomic mass is 9.80. The molecule has 0 spiro atoms. The third-order valence-electron chi connectivity index (χ3n) is 7.17. The van der Waals surface area contributed by atoms with Gasteiger partial charge in [-0.05, 0) is 66.9 Å². The van der Waals surface area contributed by atoms with Gasteiger partial charge in [-0.15, -0.1) is 0 Å². The Bertz CT molecular complexity index is 1150. The minimum Gasteiger partial charge on any atom is -0.338 e. The summed E-state index contributed by atoms with van der Waals surface area (Å²) in [5.41, 5.74) is 2.45. The molecule has 0 bridgehead atoms. The van der Waals surface area contributed by atoms with Crippen LogP contribution in [0.4, 0.5) is 11.9 Å². The van der Waals surface area contributed by atoms with E-state index in [-0.39, 0.29) is 11.7 Å². The number of nitrogens with zero attached hydrogens (tertiary/aromatic N) is 6. The number of benzene rings is 1. The third-order valence-corrected chi connectivity index (χ3v) is 8.04. The Morgan fingerprint density at radius 2 is 1.83 bits per heavy atom. The molecule has 1 aromatic heterocycles. The van der Waals surface area contributed by atoms with Crippen LogP contribution >= 0.6 is 11.8 Å². The first kappa shape index (κ1) is 24.9. The number of rotatable bonds is 8. The number of amidine groups is 1. The molecule has 0 atom stereocenters. The second-order valence-electron chi connectivity index (χ2n) is 10.2. The number of aliphatic imine (C=N–C) groups is 1. The number of hydrogen-bond acceptors (Lipinski definition) is 9. The number of likely N-dealkylation sites (N-methyl/N-ethyl adjacent to an activating group) is 1. The zero-order valence-electron chi connectivity index (χ0n) is 21.4. The van der Waals surface area contributed by atoms with Crippen LogP contribution in [0.3, 0.4) is 0 Å². The van der Waals surface area contributed by atoms with Gasteiger partial charge in [-0.3, -0.25) is 9.79 Å². The van der Waals surface area contributed by atoms with Crippen LogP contribution in [0, 0.1) is 11.8 Å². The molecule has 2 fully saturated rings. The molecule has 3 heterocycles. The Kier molecular flexibility index (Phi) is 7.67. The van der Waals surface area contributed by atoms with E-state index in [2.05, 4.69) is 33.2 Å². The Hall–Kier alpha value is -2.78. The summed E-state index contributed by atoms with van der Waals surface area (Å²) in [4.78, 5) is 36.7. The Morgan fingerprint density at radius 3 is 2.50 bits per heavy atom. The van der Waals surface area contributed by atoms with Crippen molar-refractivity contribution in [2.24, 2.45) is 16.8 Å². The Labute approximate surface area is 217 Å². The van der Waals surface area contributed by atoms with E-state index < -0.39 is 0 Å². The van der Waals surface area contributed by atoms with Crippen molar-refractivity contribution >= 4 is 35.3 Å². The van der Waals surface area contributed by atoms with E-state index >= 15 is 0 Å². The maximum atomic E-state index is 12.1. The summed E-state index contributed by atoms with van der Waals surface area (Å²) in [6.45, 7) is 8.39. The summed E-state index contributed by atoms with van der Waals surface area (Å²) < 4.78 is 0. The molecule has 36 heavy (non-hydrogen) atoms. The molecular weight excluding hydrogens is 470 g/mol. The molecule has 190 valence electrons. The summed E-state index contributed by atoms with van der Waals surface area (Å²) in [6.07, 6.45) is 6.52. The standard InChI is InChI=1S/C27H35N7OS/c1-18(2)23(35)15-19-7-9-22(10-8-19)36-27-31-25(29-24-16-21(17-28-24)20-5-4-6-20)30-26(32-27)34-13-11-33(3)12-14-34/h7-10,16,18,20H,4-6,11-15,17H2,1-3H3,(H,28,29,30,31,32). The van der Waals surface area contributed by atoms with E-state index in [4.69, 9.17) is 15.0 Å². The molecule has 1 saturated heterocycles. The fourth-order valence-corrected chi connectivity index (χ4v) is 5.18. The number of carbonyl (C=O) groups excluding carboxylic acids is 1. The lowest BCUT2D eigenvalue weighted by Crippen LogP contribution is -2.45. The molecular formula is C27H35N7OS. The highest BCUT2D eigenvalue weighted by Gasteiger charge is 2.25. The molecule has 1 aromatic carbocycles. The second-order valence-corrected chi connectivity index (χ2v) is 11.3. The SMILES string of the molecule is CC(C)C(=O)Cc1ccc(Sc2nc(NC3=NCC(C4CCC4)=C3)nc(N3CCN(C)CC3)n2)cc1. The van der Waals surface area contributed by atoms with Crippen LogP contribution in [-0.2, 0) is 11.2 Å². The number of carbonyl (C=O) groups is 1. The van der Waals surface area contributed by atoms with Crippen molar-refractivity contribution in [2.45, 2.75) is 49.6 Å². The van der Waals surface area contributed by atoms with Gasteiger partial charge >= 0.3 is 0 Å². The van der Waals surface area contributed by atoms with Gasteiger partial charge in [0.1, 0.15) is 11.6 Å². The largest absolute Gasteiger partial charge is 0.338 e. The van der Waals surface area contributed by atoms with Gasteiger partial charge in [-0.2, -0.15) is 15.0 Å². The van der Waals surface area contributed by atoms with Crippen molar-refractivity contribution in [3.63, 3.8) is 0 Å². The van der Waals surface area contributed by atoms with E-state index in [0.29, 0.717) is 29.4 Å². The zero-order chi connectivity index (χ0) is 25.1. The summed E-state index contributed by atoms with van der Waals surface area (Å²) >= 11 is 1.51. The molecule has 0 radical (unpaired) electrons. The average molecular weight is 506 g/mol. The molecule has 2 aromatic rings. The molecule has 0 unspecified atom stereocenters. The molecule has 5 rings (SSSR count). The van der Waals surface area contributed by atoms with Crippen LogP contribution in [0.2, 0.25) is 0 Å². The number of nitrogens with one attached hydrogen (secondary N) is 1. The number of piperazine rings is 1. The topological polar surface area (TPSA) is 86.6 Å². The molecule has 1 aliphatic carbocycles. The van der Waals surface area contributed by atoms with Crippen molar-refractivity contribution in [1.29, 1.82) is 0 Å². The van der Waals surface area contributed by atoms with Crippen LogP contribution in [0.25, 0.3) is 0 Å². The van der Waals surface area contributed by atoms with Gasteiger partial charge in [0.25, 0.3) is 0 Å². The van der Waals surface area contributed by atoms with Crippen LogP contribution in [0.1, 0.15) is 38.7 Å². The minimum absolute atomic E-state index is 0.0484. The number of aromatic nitrogens is 3. The molecule has 8 nitrogen and oxygen atoms in total. The lowest BCUT2D eigenvalue weighted by Gasteiger charge is -2.32. The van der Waals surface area contributed by atoms with Gasteiger partial charge in [0.05, 0.1) is 6.54 Å². The normalized spacial score (nSPS) is 18.7. The van der Waals surface area contributed by atoms with Crippen molar-refractivity contribution in [3.05, 3.63) is 41.5 Å². The van der Waals surface area contributed by atoms with Crippen molar-refractivity contribution in [1.82, 2.24) is 19.9 Å². The molecule has 9 heteroatoms. The quantitative estimate of drug-likeness (QED) is 0.574. The van der Waals surface area contributed by atoms with Crippen LogP contribution in [-0.4, -0.2) is 71.2 Å². The Morgan fingerprint density at radius 1 is 1.08 bits per heavy atom. The highest BCUT2D eigenvalue weighted by molar-refractivity contribution is 7.99. The number of hydrogen-bond donors (Lipinski definition) is 1. The van der Waals surface area contributed by atoms with Gasteiger partial charge in [-0.1, -0.05) is 32.4 Å². The fraction of sp³-hybridized carbons (Fsp3) is 0.519. The number of Topliss-reactive ketones (excluding diaryl/α,β-unsaturated/α-hetero) is 1. The van der Waals surface area contributed by atoms with Crippen LogP contribution in [0.15, 0.2) is 51.0 Å². The first-order chi connectivity index (χ1) is 17.4. The van der Waals surface area contributed by atoms with Gasteiger partial charge < -0.3 is 15.1 Å². The van der Waals surface area contributed by atoms with E-state index in [9.17, 15) is 4.79 Å². The highest BCUT2D eigenvalue weighted by Crippen LogP contribution is 2.34.